The van der Waals surface area contributed by atoms with Crippen molar-refractivity contribution >= 4 is 39.9 Å². The van der Waals surface area contributed by atoms with Crippen LogP contribution in [0, 0.1) is 0 Å². The van der Waals surface area contributed by atoms with E-state index in [1.807, 2.05) is 0 Å². The van der Waals surface area contributed by atoms with Crippen LogP contribution < -0.4 is 0 Å². The summed E-state index contributed by atoms with van der Waals surface area (Å²) in [5.41, 5.74) is 3.33. The van der Waals surface area contributed by atoms with Gasteiger partial charge in [0, 0.05) is 0 Å². The minimum Gasteiger partial charge on any atom is -0.235 e. The molecule has 0 amide bonds. The summed E-state index contributed by atoms with van der Waals surface area (Å²) < 4.78 is 0. The Morgan fingerprint density at radius 2 is 1.45 bits per heavy atom. The van der Waals surface area contributed by atoms with Crippen LogP contribution in [0.1, 0.15) is 11.1 Å². The van der Waals surface area contributed by atoms with Gasteiger partial charge in [0.05, 0.1) is 10.1 Å². The van der Waals surface area contributed by atoms with Gasteiger partial charge in [-0.1, -0.05) is 43.0 Å². The molecule has 0 atom stereocenters. The van der Waals surface area contributed by atoms with Crippen LogP contribution in [0.5, 0.6) is 0 Å². The fraction of sp³-hybridized carbons (Fsp3) is 0.105. The molecular formula is C19H17NS2. The van der Waals surface area contributed by atoms with E-state index in [0.29, 0.717) is 0 Å². The van der Waals surface area contributed by atoms with Crippen molar-refractivity contribution in [3.8, 4) is 0 Å². The fourth-order valence-electron chi connectivity index (χ4n) is 2.41. The van der Waals surface area contributed by atoms with E-state index in [4.69, 9.17) is 0 Å². The van der Waals surface area contributed by atoms with Gasteiger partial charge >= 0.3 is 0 Å². The summed E-state index contributed by atoms with van der Waals surface area (Å²) in [4.78, 5) is 4.58. The third-order valence-corrected chi connectivity index (χ3v) is 4.90. The molecule has 0 radical (unpaired) electrons. The summed E-state index contributed by atoms with van der Waals surface area (Å²) in [6, 6.07) is 19.1. The molecule has 2 aromatic carbocycles. The molecule has 1 nitrogen and oxygen atoms in total. The van der Waals surface area contributed by atoms with E-state index in [1.165, 1.54) is 10.8 Å². The van der Waals surface area contributed by atoms with Gasteiger partial charge in [0.2, 0.25) is 0 Å². The number of rotatable bonds is 4. The lowest BCUT2D eigenvalue weighted by atomic mass is 9.98. The smallest absolute Gasteiger partial charge is 0.0977 e. The number of benzene rings is 2. The average molecular weight is 323 g/mol. The van der Waals surface area contributed by atoms with Gasteiger partial charge < -0.3 is 0 Å². The maximum Gasteiger partial charge on any atom is 0.0977 e. The van der Waals surface area contributed by atoms with E-state index in [2.05, 4.69) is 78.7 Å². The van der Waals surface area contributed by atoms with E-state index in [-0.39, 0.29) is 0 Å². The highest BCUT2D eigenvalue weighted by Crippen LogP contribution is 2.29. The van der Waals surface area contributed by atoms with Crippen molar-refractivity contribution in [2.45, 2.75) is 10.1 Å². The number of fused-ring (bicyclic) bond motifs is 1. The SMILES string of the molecule is C=C(c1cc(SC)nc(SC)c1)c1ccc2ccccc2c1. The van der Waals surface area contributed by atoms with Gasteiger partial charge in [-0.05, 0) is 58.2 Å². The van der Waals surface area contributed by atoms with Crippen LogP contribution in [0.4, 0.5) is 0 Å². The molecule has 1 heterocycles. The summed E-state index contributed by atoms with van der Waals surface area (Å²) in [7, 11) is 0. The lowest BCUT2D eigenvalue weighted by Crippen LogP contribution is -1.91. The zero-order valence-electron chi connectivity index (χ0n) is 12.7. The highest BCUT2D eigenvalue weighted by molar-refractivity contribution is 7.99. The predicted octanol–water partition coefficient (Wildman–Crippen LogP) is 5.74. The van der Waals surface area contributed by atoms with Crippen molar-refractivity contribution in [3.05, 3.63) is 72.3 Å². The molecule has 0 unspecified atom stereocenters. The van der Waals surface area contributed by atoms with Gasteiger partial charge in [-0.2, -0.15) is 0 Å². The highest BCUT2D eigenvalue weighted by Gasteiger charge is 2.08. The molecule has 0 spiro atoms. The molecule has 0 saturated heterocycles. The number of nitrogens with zero attached hydrogens (tertiary/aromatic N) is 1. The highest BCUT2D eigenvalue weighted by atomic mass is 32.2. The number of pyridine rings is 1. The van der Waals surface area contributed by atoms with Crippen LogP contribution >= 0.6 is 23.5 Å². The van der Waals surface area contributed by atoms with Gasteiger partial charge in [-0.15, -0.1) is 23.5 Å². The summed E-state index contributed by atoms with van der Waals surface area (Å²) in [6.07, 6.45) is 4.10. The first-order valence-electron chi connectivity index (χ1n) is 7.00. The van der Waals surface area contributed by atoms with Crippen LogP contribution in [0.25, 0.3) is 16.3 Å². The molecule has 0 bridgehead atoms. The Kier molecular flexibility index (Phi) is 4.55. The van der Waals surface area contributed by atoms with Crippen molar-refractivity contribution in [1.29, 1.82) is 0 Å². The Labute approximate surface area is 139 Å². The lowest BCUT2D eigenvalue weighted by Gasteiger charge is -2.10. The first-order valence-corrected chi connectivity index (χ1v) is 9.45. The van der Waals surface area contributed by atoms with Gasteiger partial charge in [0.1, 0.15) is 0 Å². The fourth-order valence-corrected chi connectivity index (χ4v) is 3.33. The standard InChI is InChI=1S/C19H17NS2/c1-13(17-11-18(21-2)20-19(12-17)22-3)15-9-8-14-6-4-5-7-16(14)10-15/h4-12H,1H2,2-3H3. The van der Waals surface area contributed by atoms with Gasteiger partial charge in [0.15, 0.2) is 0 Å². The monoisotopic (exact) mass is 323 g/mol. The van der Waals surface area contributed by atoms with Crippen LogP contribution in [0.3, 0.4) is 0 Å². The first kappa shape index (κ1) is 15.2. The molecule has 0 aliphatic rings. The summed E-state index contributed by atoms with van der Waals surface area (Å²) in [5.74, 6) is 0. The predicted molar refractivity (Wildman–Crippen MR) is 99.9 cm³/mol. The van der Waals surface area contributed by atoms with Gasteiger partial charge in [0.25, 0.3) is 0 Å². The third kappa shape index (κ3) is 3.06. The molecular weight excluding hydrogens is 306 g/mol. The van der Waals surface area contributed by atoms with Crippen LogP contribution in [-0.4, -0.2) is 17.5 Å². The molecule has 0 aliphatic carbocycles. The topological polar surface area (TPSA) is 12.9 Å². The second-order valence-electron chi connectivity index (χ2n) is 4.98. The molecule has 3 rings (SSSR count). The molecule has 22 heavy (non-hydrogen) atoms. The van der Waals surface area contributed by atoms with Crippen LogP contribution in [-0.2, 0) is 0 Å². The molecule has 1 aromatic heterocycles. The zero-order valence-corrected chi connectivity index (χ0v) is 14.3. The number of aromatic nitrogens is 1. The third-order valence-electron chi connectivity index (χ3n) is 3.64. The number of hydrogen-bond donors (Lipinski definition) is 0. The lowest BCUT2D eigenvalue weighted by molar-refractivity contribution is 1.01. The Hall–Kier alpha value is -1.71. The van der Waals surface area contributed by atoms with E-state index in [0.717, 1.165) is 26.8 Å². The molecule has 110 valence electrons. The normalized spacial score (nSPS) is 10.8. The van der Waals surface area contributed by atoms with Crippen molar-refractivity contribution in [2.24, 2.45) is 0 Å². The van der Waals surface area contributed by atoms with E-state index < -0.39 is 0 Å². The Bertz CT molecular complexity index is 817. The van der Waals surface area contributed by atoms with Crippen molar-refractivity contribution in [3.63, 3.8) is 0 Å². The maximum absolute atomic E-state index is 4.58. The summed E-state index contributed by atoms with van der Waals surface area (Å²) >= 11 is 3.32. The molecule has 0 N–H and O–H groups in total. The maximum atomic E-state index is 4.58. The van der Waals surface area contributed by atoms with Crippen molar-refractivity contribution in [1.82, 2.24) is 4.98 Å². The largest absolute Gasteiger partial charge is 0.235 e. The minimum absolute atomic E-state index is 1.03. The van der Waals surface area contributed by atoms with Crippen molar-refractivity contribution in [2.75, 3.05) is 12.5 Å². The molecule has 3 aromatic rings. The minimum atomic E-state index is 1.03. The van der Waals surface area contributed by atoms with Crippen LogP contribution in [0.15, 0.2) is 71.2 Å². The van der Waals surface area contributed by atoms with Crippen LogP contribution in [0.2, 0.25) is 0 Å². The molecule has 0 fully saturated rings. The first-order chi connectivity index (χ1) is 10.7. The van der Waals surface area contributed by atoms with E-state index in [9.17, 15) is 0 Å². The number of hydrogen-bond acceptors (Lipinski definition) is 3. The second kappa shape index (κ2) is 6.59. The van der Waals surface area contributed by atoms with E-state index >= 15 is 0 Å². The summed E-state index contributed by atoms with van der Waals surface area (Å²) in [5, 5.41) is 4.56. The Morgan fingerprint density at radius 3 is 2.09 bits per heavy atom. The average Bonchev–Trinajstić information content (AvgIpc) is 2.60. The van der Waals surface area contributed by atoms with Gasteiger partial charge in [-0.3, -0.25) is 0 Å². The molecule has 0 saturated carbocycles. The Morgan fingerprint density at radius 1 is 0.818 bits per heavy atom. The van der Waals surface area contributed by atoms with Gasteiger partial charge in [-0.25, -0.2) is 4.98 Å². The quantitative estimate of drug-likeness (QED) is 0.568. The molecule has 0 aliphatic heterocycles. The zero-order chi connectivity index (χ0) is 15.5. The van der Waals surface area contributed by atoms with E-state index in [1.54, 1.807) is 23.5 Å². The Balaban J connectivity index is 2.05. The summed E-state index contributed by atoms with van der Waals surface area (Å²) in [6.45, 7) is 4.31. The molecule has 3 heteroatoms. The number of thioether (sulfide) groups is 2. The second-order valence-corrected chi connectivity index (χ2v) is 6.63. The van der Waals surface area contributed by atoms with Crippen molar-refractivity contribution < 1.29 is 0 Å².